The molecule has 0 radical (unpaired) electrons. The van der Waals surface area contributed by atoms with Crippen molar-refractivity contribution >= 4 is 24.4 Å². The van der Waals surface area contributed by atoms with E-state index >= 15 is 0 Å². The molecule has 5 nitrogen and oxygen atoms in total. The van der Waals surface area contributed by atoms with Gasteiger partial charge in [-0.25, -0.2) is 9.07 Å². The lowest BCUT2D eigenvalue weighted by molar-refractivity contribution is -0.0418. The molecule has 0 aliphatic carbocycles. The molecule has 2 heterocycles. The summed E-state index contributed by atoms with van der Waals surface area (Å²) in [6, 6.07) is 16.5. The molecule has 0 saturated carbocycles. The molecule has 4 rings (SSSR count). The molecule has 1 fully saturated rings. The van der Waals surface area contributed by atoms with E-state index in [0.29, 0.717) is 24.6 Å². The first-order valence-electron chi connectivity index (χ1n) is 9.17. The third-order valence-electron chi connectivity index (χ3n) is 4.66. The van der Waals surface area contributed by atoms with E-state index in [2.05, 4.69) is 15.0 Å². The summed E-state index contributed by atoms with van der Waals surface area (Å²) in [7, 11) is 0. The second-order valence-electron chi connectivity index (χ2n) is 6.69. The number of H-pyrrole nitrogens is 1. The minimum atomic E-state index is -0.240. The SMILES string of the molecule is Fc1ccc(C2CN(Cn3[nH]c(/C=C/c4ccccc4)nc3=S)CCO2)cc1. The fraction of sp³-hybridized carbons (Fsp3) is 0.238. The second-order valence-corrected chi connectivity index (χ2v) is 7.06. The summed E-state index contributed by atoms with van der Waals surface area (Å²) in [5.41, 5.74) is 2.08. The van der Waals surface area contributed by atoms with E-state index in [1.807, 2.05) is 47.2 Å². The molecule has 0 amide bonds. The Morgan fingerprint density at radius 1 is 1.14 bits per heavy atom. The van der Waals surface area contributed by atoms with Gasteiger partial charge in [0, 0.05) is 13.1 Å². The van der Waals surface area contributed by atoms with E-state index in [0.717, 1.165) is 23.5 Å². The van der Waals surface area contributed by atoms with Crippen molar-refractivity contribution in [3.05, 3.63) is 82.1 Å². The average molecular weight is 396 g/mol. The van der Waals surface area contributed by atoms with E-state index in [-0.39, 0.29) is 11.9 Å². The van der Waals surface area contributed by atoms with Crippen LogP contribution < -0.4 is 0 Å². The van der Waals surface area contributed by atoms with Crippen LogP contribution in [0.1, 0.15) is 23.1 Å². The number of ether oxygens (including phenoxy) is 1. The van der Waals surface area contributed by atoms with Gasteiger partial charge in [-0.3, -0.25) is 10.00 Å². The number of hydrogen-bond acceptors (Lipinski definition) is 4. The van der Waals surface area contributed by atoms with Crippen LogP contribution in [0.2, 0.25) is 0 Å². The molecule has 1 aliphatic rings. The van der Waals surface area contributed by atoms with Crippen LogP contribution in [0.15, 0.2) is 54.6 Å². The van der Waals surface area contributed by atoms with Gasteiger partial charge in [0.25, 0.3) is 0 Å². The zero-order valence-electron chi connectivity index (χ0n) is 15.3. The molecule has 1 saturated heterocycles. The van der Waals surface area contributed by atoms with E-state index < -0.39 is 0 Å². The number of benzene rings is 2. The predicted octanol–water partition coefficient (Wildman–Crippen LogP) is 4.28. The maximum Gasteiger partial charge on any atom is 0.217 e. The maximum absolute atomic E-state index is 13.2. The summed E-state index contributed by atoms with van der Waals surface area (Å²) >= 11 is 5.40. The highest BCUT2D eigenvalue weighted by Gasteiger charge is 2.22. The zero-order chi connectivity index (χ0) is 19.3. The summed E-state index contributed by atoms with van der Waals surface area (Å²) in [5, 5.41) is 3.24. The van der Waals surface area contributed by atoms with Crippen LogP contribution in [0.3, 0.4) is 0 Å². The van der Waals surface area contributed by atoms with Crippen LogP contribution in [-0.4, -0.2) is 39.4 Å². The molecule has 28 heavy (non-hydrogen) atoms. The topological polar surface area (TPSA) is 46.1 Å². The van der Waals surface area contributed by atoms with Gasteiger partial charge in [0.1, 0.15) is 11.6 Å². The molecule has 1 atom stereocenters. The monoisotopic (exact) mass is 396 g/mol. The molecule has 1 aliphatic heterocycles. The Kier molecular flexibility index (Phi) is 5.76. The van der Waals surface area contributed by atoms with Crippen LogP contribution in [0.25, 0.3) is 12.2 Å². The van der Waals surface area contributed by atoms with Gasteiger partial charge in [-0.05, 0) is 41.6 Å². The standard InChI is InChI=1S/C21H21FN4OS/c22-18-9-7-17(8-10-18)19-14-25(12-13-27-19)15-26-21(28)23-20(24-26)11-6-16-4-2-1-3-5-16/h1-11,19H,12-15H2,(H,23,24,28)/b11-6+. The minimum absolute atomic E-state index is 0.0797. The quantitative estimate of drug-likeness (QED) is 0.654. The third-order valence-corrected chi connectivity index (χ3v) is 4.98. The molecule has 2 aromatic carbocycles. The number of morpholine rings is 1. The fourth-order valence-electron chi connectivity index (χ4n) is 3.19. The lowest BCUT2D eigenvalue weighted by Crippen LogP contribution is -2.39. The van der Waals surface area contributed by atoms with Gasteiger partial charge in [0.2, 0.25) is 4.77 Å². The minimum Gasteiger partial charge on any atom is -0.371 e. The zero-order valence-corrected chi connectivity index (χ0v) is 16.1. The average Bonchev–Trinajstić information content (AvgIpc) is 3.07. The van der Waals surface area contributed by atoms with Crippen molar-refractivity contribution in [2.45, 2.75) is 12.8 Å². The number of hydrogen-bond donors (Lipinski definition) is 1. The largest absolute Gasteiger partial charge is 0.371 e. The maximum atomic E-state index is 13.2. The van der Waals surface area contributed by atoms with Gasteiger partial charge in [0.15, 0.2) is 0 Å². The van der Waals surface area contributed by atoms with Crippen molar-refractivity contribution in [1.29, 1.82) is 0 Å². The van der Waals surface area contributed by atoms with Gasteiger partial charge in [-0.2, -0.15) is 4.98 Å². The van der Waals surface area contributed by atoms with E-state index in [9.17, 15) is 4.39 Å². The molecule has 7 heteroatoms. The highest BCUT2D eigenvalue weighted by Crippen LogP contribution is 2.22. The number of nitrogens with zero attached hydrogens (tertiary/aromatic N) is 3. The Morgan fingerprint density at radius 2 is 1.93 bits per heavy atom. The Balaban J connectivity index is 1.42. The first-order valence-corrected chi connectivity index (χ1v) is 9.57. The lowest BCUT2D eigenvalue weighted by Gasteiger charge is -2.33. The van der Waals surface area contributed by atoms with E-state index in [1.165, 1.54) is 12.1 Å². The van der Waals surface area contributed by atoms with Crippen LogP contribution in [0, 0.1) is 10.6 Å². The number of aromatic nitrogens is 3. The highest BCUT2D eigenvalue weighted by atomic mass is 32.1. The van der Waals surface area contributed by atoms with Gasteiger partial charge in [0.05, 0.1) is 19.4 Å². The first kappa shape index (κ1) is 18.7. The van der Waals surface area contributed by atoms with Crippen molar-refractivity contribution in [3.8, 4) is 0 Å². The van der Waals surface area contributed by atoms with Crippen LogP contribution in [0.5, 0.6) is 0 Å². The van der Waals surface area contributed by atoms with Crippen LogP contribution in [0.4, 0.5) is 4.39 Å². The van der Waals surface area contributed by atoms with Gasteiger partial charge >= 0.3 is 0 Å². The Morgan fingerprint density at radius 3 is 2.71 bits per heavy atom. The first-order chi connectivity index (χ1) is 13.7. The molecule has 3 aromatic rings. The third kappa shape index (κ3) is 4.62. The lowest BCUT2D eigenvalue weighted by atomic mass is 10.1. The van der Waals surface area contributed by atoms with Crippen molar-refractivity contribution < 1.29 is 9.13 Å². The van der Waals surface area contributed by atoms with Crippen molar-refractivity contribution in [3.63, 3.8) is 0 Å². The van der Waals surface area contributed by atoms with Crippen molar-refractivity contribution in [1.82, 2.24) is 19.7 Å². The molecule has 1 aromatic heterocycles. The summed E-state index contributed by atoms with van der Waals surface area (Å²) in [5.74, 6) is 0.480. The summed E-state index contributed by atoms with van der Waals surface area (Å²) < 4.78 is 21.4. The number of halogens is 1. The molecule has 0 spiro atoms. The van der Waals surface area contributed by atoms with Gasteiger partial charge in [-0.1, -0.05) is 48.5 Å². The summed E-state index contributed by atoms with van der Waals surface area (Å²) in [4.78, 5) is 6.66. The molecular formula is C21H21FN4OS. The second kappa shape index (κ2) is 8.60. The molecular weight excluding hydrogens is 375 g/mol. The molecule has 144 valence electrons. The fourth-order valence-corrected chi connectivity index (χ4v) is 3.40. The number of aromatic amines is 1. The van der Waals surface area contributed by atoms with E-state index in [1.54, 1.807) is 12.1 Å². The van der Waals surface area contributed by atoms with Crippen LogP contribution in [-0.2, 0) is 11.4 Å². The molecule has 0 bridgehead atoms. The molecule has 1 N–H and O–H groups in total. The van der Waals surface area contributed by atoms with Crippen molar-refractivity contribution in [2.75, 3.05) is 19.7 Å². The summed E-state index contributed by atoms with van der Waals surface area (Å²) in [6.07, 6.45) is 3.84. The smallest absolute Gasteiger partial charge is 0.217 e. The van der Waals surface area contributed by atoms with Crippen molar-refractivity contribution in [2.24, 2.45) is 0 Å². The Bertz CT molecular complexity index is 997. The Hall–Kier alpha value is -2.61. The van der Waals surface area contributed by atoms with Gasteiger partial charge < -0.3 is 4.74 Å². The Labute approximate surface area is 168 Å². The normalized spacial score (nSPS) is 18.0. The number of rotatable bonds is 5. The highest BCUT2D eigenvalue weighted by molar-refractivity contribution is 7.71. The molecule has 1 unspecified atom stereocenters. The van der Waals surface area contributed by atoms with E-state index in [4.69, 9.17) is 17.0 Å². The van der Waals surface area contributed by atoms with Crippen LogP contribution >= 0.6 is 12.2 Å². The number of nitrogens with one attached hydrogen (secondary N) is 1. The van der Waals surface area contributed by atoms with Gasteiger partial charge in [-0.15, -0.1) is 0 Å². The summed E-state index contributed by atoms with van der Waals surface area (Å²) in [6.45, 7) is 2.73. The predicted molar refractivity (Wildman–Crippen MR) is 109 cm³/mol.